The van der Waals surface area contributed by atoms with Gasteiger partial charge in [0, 0.05) is 6.07 Å². The van der Waals surface area contributed by atoms with E-state index in [1.807, 2.05) is 0 Å². The minimum atomic E-state index is -1.23. The first kappa shape index (κ1) is 34.9. The molecule has 10 nitrogen and oxygen atoms in total. The first-order valence-electron chi connectivity index (χ1n) is 12.4. The Morgan fingerprint density at radius 3 is 1.11 bits per heavy atom. The Bertz CT molecular complexity index is 676. The maximum Gasteiger partial charge on any atom is 0.317 e. The van der Waals surface area contributed by atoms with Gasteiger partial charge in [-0.1, -0.05) is 84.1 Å². The fourth-order valence-electron chi connectivity index (χ4n) is 3.10. The number of hydrogen-bond donors (Lipinski definition) is 6. The highest BCUT2D eigenvalue weighted by Crippen LogP contribution is 2.15. The van der Waals surface area contributed by atoms with Crippen molar-refractivity contribution in [3.05, 3.63) is 24.3 Å². The molecule has 0 amide bonds. The summed E-state index contributed by atoms with van der Waals surface area (Å²) in [6, 6.07) is 5.85. The Morgan fingerprint density at radius 2 is 0.889 bits per heavy atom. The number of carbonyl (C=O) groups is 4. The number of phenolic OH excluding ortho intramolecular Hbond substituents is 2. The Kier molecular flexibility index (Phi) is 21.5. The zero-order chi connectivity index (χ0) is 27.9. The Labute approximate surface area is 212 Å². The van der Waals surface area contributed by atoms with Gasteiger partial charge in [0.15, 0.2) is 11.8 Å². The lowest BCUT2D eigenvalue weighted by Gasteiger charge is -2.06. The van der Waals surface area contributed by atoms with Gasteiger partial charge in [-0.2, -0.15) is 0 Å². The largest absolute Gasteiger partial charge is 0.508 e. The number of carboxylic acid groups (broad SMARTS) is 4. The van der Waals surface area contributed by atoms with E-state index in [-0.39, 0.29) is 24.3 Å². The number of rotatable bonds is 16. The summed E-state index contributed by atoms with van der Waals surface area (Å²) >= 11 is 0. The van der Waals surface area contributed by atoms with E-state index in [2.05, 4.69) is 13.8 Å². The molecular weight excluding hydrogens is 472 g/mol. The molecule has 1 aromatic carbocycles. The molecule has 0 aliphatic heterocycles. The lowest BCUT2D eigenvalue weighted by Crippen LogP contribution is -2.23. The first-order valence-corrected chi connectivity index (χ1v) is 12.4. The van der Waals surface area contributed by atoms with E-state index in [0.717, 1.165) is 51.4 Å². The van der Waals surface area contributed by atoms with Gasteiger partial charge in [-0.25, -0.2) is 0 Å². The molecule has 0 spiro atoms. The lowest BCUT2D eigenvalue weighted by molar-refractivity contribution is -0.156. The lowest BCUT2D eigenvalue weighted by atomic mass is 10.0. The predicted molar refractivity (Wildman–Crippen MR) is 134 cm³/mol. The van der Waals surface area contributed by atoms with Crippen LogP contribution in [0.3, 0.4) is 0 Å². The molecule has 0 saturated carbocycles. The standard InChI is InChI=1S/2C10H18O4.C6H6O2/c2*1-2-3-4-5-6-7-8(9(11)12)10(13)14;7-5-2-1-3-6(8)4-5/h2*8H,2-7H2,1H3,(H,11,12)(H,13,14);1-4,7-8H. The van der Waals surface area contributed by atoms with Crippen molar-refractivity contribution in [1.29, 1.82) is 0 Å². The van der Waals surface area contributed by atoms with Crippen molar-refractivity contribution >= 4 is 23.9 Å². The number of aromatic hydroxyl groups is 2. The Hall–Kier alpha value is -3.30. The van der Waals surface area contributed by atoms with Crippen LogP contribution in [0, 0.1) is 11.8 Å². The molecule has 36 heavy (non-hydrogen) atoms. The van der Waals surface area contributed by atoms with Crippen molar-refractivity contribution in [2.45, 2.75) is 90.9 Å². The second-order valence-electron chi connectivity index (χ2n) is 8.38. The van der Waals surface area contributed by atoms with E-state index in [4.69, 9.17) is 30.6 Å². The van der Waals surface area contributed by atoms with E-state index in [1.54, 1.807) is 6.07 Å². The molecule has 0 aliphatic rings. The van der Waals surface area contributed by atoms with Crippen LogP contribution in [0.5, 0.6) is 11.5 Å². The molecule has 0 aromatic heterocycles. The maximum atomic E-state index is 10.5. The number of unbranched alkanes of at least 4 members (excludes halogenated alkanes) is 8. The van der Waals surface area contributed by atoms with Crippen LogP contribution in [-0.2, 0) is 19.2 Å². The van der Waals surface area contributed by atoms with Crippen LogP contribution in [0.25, 0.3) is 0 Å². The van der Waals surface area contributed by atoms with Crippen LogP contribution in [0.1, 0.15) is 90.9 Å². The van der Waals surface area contributed by atoms with Crippen molar-refractivity contribution in [2.24, 2.45) is 11.8 Å². The molecule has 0 radical (unpaired) electrons. The summed E-state index contributed by atoms with van der Waals surface area (Å²) in [5.74, 6) is -7.19. The van der Waals surface area contributed by atoms with E-state index in [9.17, 15) is 19.2 Å². The van der Waals surface area contributed by atoms with E-state index in [1.165, 1.54) is 18.2 Å². The van der Waals surface area contributed by atoms with Gasteiger partial charge in [-0.3, -0.25) is 19.2 Å². The highest BCUT2D eigenvalue weighted by atomic mass is 16.4. The zero-order valence-corrected chi connectivity index (χ0v) is 21.3. The summed E-state index contributed by atoms with van der Waals surface area (Å²) in [5, 5.41) is 51.6. The van der Waals surface area contributed by atoms with Gasteiger partial charge in [-0.05, 0) is 25.0 Å². The molecule has 1 aromatic rings. The molecule has 0 saturated heterocycles. The molecule has 206 valence electrons. The van der Waals surface area contributed by atoms with Gasteiger partial charge in [0.05, 0.1) is 0 Å². The van der Waals surface area contributed by atoms with Crippen LogP contribution in [0.15, 0.2) is 24.3 Å². The molecule has 1 rings (SSSR count). The maximum absolute atomic E-state index is 10.5. The predicted octanol–water partition coefficient (Wildman–Crippen LogP) is 5.36. The van der Waals surface area contributed by atoms with Crippen molar-refractivity contribution in [1.82, 2.24) is 0 Å². The summed E-state index contributed by atoms with van der Waals surface area (Å²) in [5.41, 5.74) is 0. The fourth-order valence-corrected chi connectivity index (χ4v) is 3.10. The van der Waals surface area contributed by atoms with E-state index < -0.39 is 35.7 Å². The molecule has 0 aliphatic carbocycles. The summed E-state index contributed by atoms with van der Waals surface area (Å²) in [6.07, 6.45) is 10.3. The molecule has 0 unspecified atom stereocenters. The number of aliphatic carboxylic acids is 4. The van der Waals surface area contributed by atoms with Gasteiger partial charge < -0.3 is 30.6 Å². The second kappa shape index (κ2) is 22.2. The highest BCUT2D eigenvalue weighted by molar-refractivity contribution is 5.93. The number of phenols is 2. The van der Waals surface area contributed by atoms with E-state index >= 15 is 0 Å². The van der Waals surface area contributed by atoms with Crippen LogP contribution in [0.2, 0.25) is 0 Å². The monoisotopic (exact) mass is 514 g/mol. The Balaban J connectivity index is 0. The third-order valence-electron chi connectivity index (χ3n) is 5.21. The molecule has 0 atom stereocenters. The molecular formula is C26H42O10. The van der Waals surface area contributed by atoms with Crippen LogP contribution < -0.4 is 0 Å². The van der Waals surface area contributed by atoms with Crippen LogP contribution in [0.4, 0.5) is 0 Å². The highest BCUT2D eigenvalue weighted by Gasteiger charge is 2.25. The van der Waals surface area contributed by atoms with Gasteiger partial charge in [0.25, 0.3) is 0 Å². The van der Waals surface area contributed by atoms with Gasteiger partial charge in [-0.15, -0.1) is 0 Å². The number of hydrogen-bond acceptors (Lipinski definition) is 6. The van der Waals surface area contributed by atoms with Crippen LogP contribution in [-0.4, -0.2) is 54.5 Å². The normalized spacial score (nSPS) is 10.1. The average molecular weight is 515 g/mol. The van der Waals surface area contributed by atoms with Crippen LogP contribution >= 0.6 is 0 Å². The summed E-state index contributed by atoms with van der Waals surface area (Å²) in [7, 11) is 0. The van der Waals surface area contributed by atoms with Crippen molar-refractivity contribution in [3.63, 3.8) is 0 Å². The van der Waals surface area contributed by atoms with Gasteiger partial charge in [0.2, 0.25) is 0 Å². The smallest absolute Gasteiger partial charge is 0.317 e. The quantitative estimate of drug-likeness (QED) is 0.124. The van der Waals surface area contributed by atoms with Gasteiger partial charge in [0.1, 0.15) is 11.5 Å². The molecule has 10 heteroatoms. The zero-order valence-electron chi connectivity index (χ0n) is 21.3. The van der Waals surface area contributed by atoms with Crippen molar-refractivity contribution in [3.8, 4) is 11.5 Å². The minimum absolute atomic E-state index is 0.0880. The average Bonchev–Trinajstić information content (AvgIpc) is 2.78. The Morgan fingerprint density at radius 1 is 0.583 bits per heavy atom. The number of carboxylic acids is 4. The summed E-state index contributed by atoms with van der Waals surface area (Å²) < 4.78 is 0. The summed E-state index contributed by atoms with van der Waals surface area (Å²) in [6.45, 7) is 4.19. The third-order valence-corrected chi connectivity index (χ3v) is 5.21. The third kappa shape index (κ3) is 20.1. The van der Waals surface area contributed by atoms with Gasteiger partial charge >= 0.3 is 23.9 Å². The fraction of sp³-hybridized carbons (Fsp3) is 0.615. The molecule has 0 heterocycles. The number of benzene rings is 1. The SMILES string of the molecule is CCCCCCCC(C(=O)O)C(=O)O.CCCCCCCC(C(=O)O)C(=O)O.Oc1cccc(O)c1. The first-order chi connectivity index (χ1) is 17.0. The topological polar surface area (TPSA) is 190 Å². The van der Waals surface area contributed by atoms with E-state index in [0.29, 0.717) is 12.8 Å². The minimum Gasteiger partial charge on any atom is -0.508 e. The molecule has 0 bridgehead atoms. The van der Waals surface area contributed by atoms with Crippen molar-refractivity contribution < 1.29 is 49.8 Å². The van der Waals surface area contributed by atoms with Crippen molar-refractivity contribution in [2.75, 3.05) is 0 Å². The molecule has 0 fully saturated rings. The molecule has 6 N–H and O–H groups in total. The second-order valence-corrected chi connectivity index (χ2v) is 8.38. The summed E-state index contributed by atoms with van der Waals surface area (Å²) in [4.78, 5) is 41.9.